The summed E-state index contributed by atoms with van der Waals surface area (Å²) >= 11 is 0. The first-order chi connectivity index (χ1) is 18.3. The Labute approximate surface area is 235 Å². The van der Waals surface area contributed by atoms with Gasteiger partial charge in [-0.15, -0.1) is 0 Å². The van der Waals surface area contributed by atoms with E-state index in [4.69, 9.17) is 14.6 Å². The van der Waals surface area contributed by atoms with Crippen LogP contribution in [0.2, 0.25) is 0 Å². The molecule has 0 saturated heterocycles. The summed E-state index contributed by atoms with van der Waals surface area (Å²) in [7, 11) is 0. The largest absolute Gasteiger partial charge is 0.485 e. The predicted octanol–water partition coefficient (Wildman–Crippen LogP) is 8.98. The second-order valence-electron chi connectivity index (χ2n) is 13.0. The fourth-order valence-electron chi connectivity index (χ4n) is 4.50. The van der Waals surface area contributed by atoms with Crippen molar-refractivity contribution < 1.29 is 9.47 Å². The Hall–Kier alpha value is -3.37. The maximum absolute atomic E-state index is 6.29. The first kappa shape index (κ1) is 28.6. The summed E-state index contributed by atoms with van der Waals surface area (Å²) in [5, 5.41) is 7.17. The average molecular weight is 525 g/mol. The number of para-hydroxylation sites is 1. The number of hydrogen-bond donors (Lipinski definition) is 0. The summed E-state index contributed by atoms with van der Waals surface area (Å²) in [6.07, 6.45) is 5.14. The summed E-state index contributed by atoms with van der Waals surface area (Å²) in [5.74, 6) is 0.838. The van der Waals surface area contributed by atoms with Crippen LogP contribution in [0.1, 0.15) is 84.5 Å². The van der Waals surface area contributed by atoms with Gasteiger partial charge in [0.25, 0.3) is 0 Å². The van der Waals surface area contributed by atoms with E-state index in [-0.39, 0.29) is 17.1 Å². The highest BCUT2D eigenvalue weighted by Gasteiger charge is 2.29. The predicted molar refractivity (Wildman–Crippen MR) is 165 cm³/mol. The van der Waals surface area contributed by atoms with Crippen LogP contribution in [0, 0.1) is 0 Å². The van der Waals surface area contributed by atoms with Gasteiger partial charge in [-0.2, -0.15) is 5.10 Å². The molecule has 4 nitrogen and oxygen atoms in total. The summed E-state index contributed by atoms with van der Waals surface area (Å²) in [4.78, 5) is 0. The normalized spacial score (nSPS) is 16.6. The van der Waals surface area contributed by atoms with Gasteiger partial charge in [-0.05, 0) is 87.1 Å². The Kier molecular flexibility index (Phi) is 8.37. The molecule has 1 aliphatic heterocycles. The maximum Gasteiger partial charge on any atom is 0.127 e. The van der Waals surface area contributed by atoms with Gasteiger partial charge in [-0.25, -0.2) is 0 Å². The van der Waals surface area contributed by atoms with E-state index in [0.29, 0.717) is 6.61 Å². The number of nitrogens with zero attached hydrogens (tertiary/aromatic N) is 2. The van der Waals surface area contributed by atoms with Gasteiger partial charge < -0.3 is 9.47 Å². The topological polar surface area (TPSA) is 34.1 Å². The highest BCUT2D eigenvalue weighted by atomic mass is 16.6. The van der Waals surface area contributed by atoms with Gasteiger partial charge in [-0.3, -0.25) is 5.01 Å². The van der Waals surface area contributed by atoms with Gasteiger partial charge in [0.05, 0.1) is 29.6 Å². The van der Waals surface area contributed by atoms with Gasteiger partial charge in [0.1, 0.15) is 11.4 Å². The molecule has 0 saturated carbocycles. The number of rotatable bonds is 8. The molecular weight excluding hydrogens is 480 g/mol. The molecule has 4 rings (SSSR count). The van der Waals surface area contributed by atoms with E-state index in [0.717, 1.165) is 23.6 Å². The lowest BCUT2D eigenvalue weighted by molar-refractivity contribution is -0.0723. The Balaban J connectivity index is 1.50. The van der Waals surface area contributed by atoms with Crippen molar-refractivity contribution in [3.8, 4) is 5.75 Å². The fourth-order valence-corrected chi connectivity index (χ4v) is 4.50. The quantitative estimate of drug-likeness (QED) is 0.295. The molecule has 0 bridgehead atoms. The smallest absolute Gasteiger partial charge is 0.127 e. The summed E-state index contributed by atoms with van der Waals surface area (Å²) in [5.41, 5.74) is 5.39. The Morgan fingerprint density at radius 3 is 2.03 bits per heavy atom. The molecule has 0 N–H and O–H groups in total. The Morgan fingerprint density at radius 2 is 1.44 bits per heavy atom. The standard InChI is InChI=1S/C35H44N2O2/c1-33(2,3)28-19-14-26(15-20-28)16-21-29-24-32(37(36-29)30-12-10-9-11-13-30)27-17-22-31(23-18-27)39-35(7,8)25-38-34(4,5)6/h9-23,32H,24-25H2,1-8H3/b21-16+. The molecule has 3 aromatic rings. The van der Waals surface area contributed by atoms with Gasteiger partial charge >= 0.3 is 0 Å². The molecule has 1 aliphatic rings. The monoisotopic (exact) mass is 524 g/mol. The zero-order valence-corrected chi connectivity index (χ0v) is 24.9. The van der Waals surface area contributed by atoms with Crippen molar-refractivity contribution in [3.63, 3.8) is 0 Å². The number of allylic oxidation sites excluding steroid dienone is 1. The van der Waals surface area contributed by atoms with Crippen molar-refractivity contribution in [2.24, 2.45) is 5.10 Å². The molecule has 4 heteroatoms. The molecule has 0 radical (unpaired) electrons. The molecule has 206 valence electrons. The van der Waals surface area contributed by atoms with Crippen molar-refractivity contribution in [1.82, 2.24) is 0 Å². The molecule has 0 amide bonds. The second kappa shape index (κ2) is 11.4. The molecule has 1 heterocycles. The molecule has 1 unspecified atom stereocenters. The lowest BCUT2D eigenvalue weighted by atomic mass is 9.87. The van der Waals surface area contributed by atoms with E-state index >= 15 is 0 Å². The van der Waals surface area contributed by atoms with Gasteiger partial charge in [-0.1, -0.05) is 81.4 Å². The molecule has 0 aliphatic carbocycles. The minimum Gasteiger partial charge on any atom is -0.485 e. The number of hydrazone groups is 1. The zero-order valence-electron chi connectivity index (χ0n) is 24.9. The zero-order chi connectivity index (χ0) is 28.3. The van der Waals surface area contributed by atoms with E-state index in [1.54, 1.807) is 0 Å². The second-order valence-corrected chi connectivity index (χ2v) is 13.0. The fraction of sp³-hybridized carbons (Fsp3) is 0.400. The first-order valence-electron chi connectivity index (χ1n) is 13.9. The van der Waals surface area contributed by atoms with Crippen LogP contribution in [0.15, 0.2) is 90.0 Å². The van der Waals surface area contributed by atoms with Crippen molar-refractivity contribution in [1.29, 1.82) is 0 Å². The van der Waals surface area contributed by atoms with E-state index in [9.17, 15) is 0 Å². The molecule has 0 aromatic heterocycles. The van der Waals surface area contributed by atoms with Gasteiger partial charge in [0.2, 0.25) is 0 Å². The SMILES string of the molecule is CC(C)(C)OCC(C)(C)Oc1ccc(C2CC(/C=C/c3ccc(C(C)(C)C)cc3)=NN2c2ccccc2)cc1. The van der Waals surface area contributed by atoms with Crippen LogP contribution in [0.5, 0.6) is 5.75 Å². The summed E-state index contributed by atoms with van der Waals surface area (Å²) in [6, 6.07) is 27.7. The Bertz CT molecular complexity index is 1280. The molecule has 1 atom stereocenters. The summed E-state index contributed by atoms with van der Waals surface area (Å²) < 4.78 is 12.3. The number of anilines is 1. The molecule has 39 heavy (non-hydrogen) atoms. The minimum atomic E-state index is -0.426. The highest BCUT2D eigenvalue weighted by Crippen LogP contribution is 2.36. The van der Waals surface area contributed by atoms with Crippen molar-refractivity contribution >= 4 is 17.5 Å². The van der Waals surface area contributed by atoms with Crippen molar-refractivity contribution in [3.05, 3.63) is 102 Å². The maximum atomic E-state index is 6.29. The number of benzene rings is 3. The first-order valence-corrected chi connectivity index (χ1v) is 13.9. The van der Waals surface area contributed by atoms with Crippen LogP contribution < -0.4 is 9.75 Å². The van der Waals surface area contributed by atoms with E-state index < -0.39 is 5.60 Å². The van der Waals surface area contributed by atoms with Crippen LogP contribution in [0.25, 0.3) is 6.08 Å². The van der Waals surface area contributed by atoms with Gasteiger partial charge in [0.15, 0.2) is 0 Å². The lowest BCUT2D eigenvalue weighted by Crippen LogP contribution is -2.37. The number of ether oxygens (including phenoxy) is 2. The van der Waals surface area contributed by atoms with Crippen LogP contribution in [0.4, 0.5) is 5.69 Å². The lowest BCUT2D eigenvalue weighted by Gasteiger charge is -2.30. The van der Waals surface area contributed by atoms with Crippen LogP contribution >= 0.6 is 0 Å². The number of hydrogen-bond acceptors (Lipinski definition) is 4. The third kappa shape index (κ3) is 8.06. The van der Waals surface area contributed by atoms with Crippen molar-refractivity contribution in [2.75, 3.05) is 11.6 Å². The Morgan fingerprint density at radius 1 is 0.795 bits per heavy atom. The average Bonchev–Trinajstić information content (AvgIpc) is 3.31. The molecule has 3 aromatic carbocycles. The third-order valence-corrected chi connectivity index (χ3v) is 6.71. The third-order valence-electron chi connectivity index (χ3n) is 6.71. The minimum absolute atomic E-state index is 0.113. The molecule has 0 spiro atoms. The van der Waals surface area contributed by atoms with Crippen molar-refractivity contribution in [2.45, 2.75) is 84.5 Å². The van der Waals surface area contributed by atoms with Gasteiger partial charge in [0, 0.05) is 6.42 Å². The van der Waals surface area contributed by atoms with Crippen LogP contribution in [-0.4, -0.2) is 23.5 Å². The molecule has 0 fully saturated rings. The summed E-state index contributed by atoms with van der Waals surface area (Å²) in [6.45, 7) is 17.5. The van der Waals surface area contributed by atoms with E-state index in [1.165, 1.54) is 16.7 Å². The van der Waals surface area contributed by atoms with E-state index in [1.807, 2.05) is 6.07 Å². The highest BCUT2D eigenvalue weighted by molar-refractivity contribution is 6.01. The van der Waals surface area contributed by atoms with Crippen LogP contribution in [-0.2, 0) is 10.2 Å². The van der Waals surface area contributed by atoms with Crippen LogP contribution in [0.3, 0.4) is 0 Å². The molecular formula is C35H44N2O2. The van der Waals surface area contributed by atoms with E-state index in [2.05, 4.69) is 145 Å².